The van der Waals surface area contributed by atoms with E-state index in [-0.39, 0.29) is 31.1 Å². The van der Waals surface area contributed by atoms with Crippen LogP contribution in [0.1, 0.15) is 266 Å². The van der Waals surface area contributed by atoms with Crippen molar-refractivity contribution < 1.29 is 28.6 Å². The Kier molecular flexibility index (Phi) is 40.8. The molecule has 0 saturated carbocycles. The number of rotatable bonds is 43. The molecular formula is C49H94O6. The first-order chi connectivity index (χ1) is 26.7. The Bertz CT molecular complexity index is 839. The van der Waals surface area contributed by atoms with Crippen LogP contribution in [-0.2, 0) is 28.6 Å². The molecule has 0 bridgehead atoms. The molecule has 0 aromatic heterocycles. The van der Waals surface area contributed by atoms with E-state index >= 15 is 0 Å². The predicted octanol–water partition coefficient (Wildman–Crippen LogP) is 15.4. The van der Waals surface area contributed by atoms with Gasteiger partial charge >= 0.3 is 17.9 Å². The van der Waals surface area contributed by atoms with Crippen LogP contribution >= 0.6 is 0 Å². The van der Waals surface area contributed by atoms with E-state index in [1.54, 1.807) is 0 Å². The van der Waals surface area contributed by atoms with Gasteiger partial charge in [-0.3, -0.25) is 14.4 Å². The quantitative estimate of drug-likeness (QED) is 0.0348. The van der Waals surface area contributed by atoms with Gasteiger partial charge in [-0.05, 0) is 31.1 Å². The van der Waals surface area contributed by atoms with Gasteiger partial charge in [0.15, 0.2) is 6.10 Å². The summed E-state index contributed by atoms with van der Waals surface area (Å²) >= 11 is 0. The molecule has 0 heterocycles. The second-order valence-corrected chi connectivity index (χ2v) is 17.7. The Labute approximate surface area is 342 Å². The maximum Gasteiger partial charge on any atom is 0.306 e. The topological polar surface area (TPSA) is 78.9 Å². The number of hydrogen-bond acceptors (Lipinski definition) is 6. The van der Waals surface area contributed by atoms with Crippen LogP contribution in [0.4, 0.5) is 0 Å². The van der Waals surface area contributed by atoms with Gasteiger partial charge in [-0.15, -0.1) is 0 Å². The van der Waals surface area contributed by atoms with Gasteiger partial charge in [0.05, 0.1) is 0 Å². The van der Waals surface area contributed by atoms with Gasteiger partial charge in [0, 0.05) is 19.3 Å². The normalized spacial score (nSPS) is 12.1. The number of esters is 3. The second-order valence-electron chi connectivity index (χ2n) is 17.7. The lowest BCUT2D eigenvalue weighted by atomic mass is 10.0. The molecule has 0 saturated heterocycles. The summed E-state index contributed by atoms with van der Waals surface area (Å²) in [6, 6.07) is 0. The van der Waals surface area contributed by atoms with E-state index in [0.29, 0.717) is 19.3 Å². The molecule has 0 aliphatic heterocycles. The van der Waals surface area contributed by atoms with Crippen LogP contribution in [0, 0.1) is 11.8 Å². The largest absolute Gasteiger partial charge is 0.462 e. The third-order valence-corrected chi connectivity index (χ3v) is 11.0. The molecule has 0 aromatic rings. The van der Waals surface area contributed by atoms with Crippen molar-refractivity contribution in [1.82, 2.24) is 0 Å². The molecule has 55 heavy (non-hydrogen) atoms. The van der Waals surface area contributed by atoms with E-state index in [4.69, 9.17) is 14.2 Å². The summed E-state index contributed by atoms with van der Waals surface area (Å²) in [5.74, 6) is 0.776. The fourth-order valence-corrected chi connectivity index (χ4v) is 7.28. The van der Waals surface area contributed by atoms with Crippen LogP contribution < -0.4 is 0 Å². The van der Waals surface area contributed by atoms with Crippen LogP contribution in [0.2, 0.25) is 0 Å². The minimum Gasteiger partial charge on any atom is -0.462 e. The molecule has 0 aliphatic carbocycles. The molecule has 0 fully saturated rings. The van der Waals surface area contributed by atoms with Gasteiger partial charge in [-0.25, -0.2) is 0 Å². The van der Waals surface area contributed by atoms with Crippen LogP contribution in [-0.4, -0.2) is 37.2 Å². The molecule has 1 atom stereocenters. The van der Waals surface area contributed by atoms with Crippen molar-refractivity contribution >= 4 is 17.9 Å². The summed E-state index contributed by atoms with van der Waals surface area (Å²) < 4.78 is 16.7. The van der Waals surface area contributed by atoms with Gasteiger partial charge in [-0.2, -0.15) is 0 Å². The smallest absolute Gasteiger partial charge is 0.306 e. The molecular weight excluding hydrogens is 685 g/mol. The SMILES string of the molecule is CCCCCCCCCCCCCC(=O)O[C@@H](COC(=O)CCCCCCCCCCCCCCC(C)C)COC(=O)CCCCCCCCCCC(C)C. The number of unbranched alkanes of at least 4 members (excludes halogenated alkanes) is 28. The zero-order chi connectivity index (χ0) is 40.5. The Morgan fingerprint density at radius 2 is 0.600 bits per heavy atom. The molecule has 0 amide bonds. The van der Waals surface area contributed by atoms with Crippen molar-refractivity contribution in [3.8, 4) is 0 Å². The van der Waals surface area contributed by atoms with E-state index in [9.17, 15) is 14.4 Å². The third-order valence-electron chi connectivity index (χ3n) is 11.0. The first-order valence-electron chi connectivity index (χ1n) is 24.2. The Hall–Kier alpha value is -1.59. The Morgan fingerprint density at radius 1 is 0.345 bits per heavy atom. The molecule has 0 N–H and O–H groups in total. The van der Waals surface area contributed by atoms with Crippen molar-refractivity contribution in [2.75, 3.05) is 13.2 Å². The zero-order valence-corrected chi connectivity index (χ0v) is 37.6. The maximum atomic E-state index is 12.7. The summed E-state index contributed by atoms with van der Waals surface area (Å²) in [6.07, 6.45) is 40.9. The van der Waals surface area contributed by atoms with E-state index in [0.717, 1.165) is 69.6 Å². The number of hydrogen-bond donors (Lipinski definition) is 0. The van der Waals surface area contributed by atoms with Crippen LogP contribution in [0.3, 0.4) is 0 Å². The van der Waals surface area contributed by atoms with Crippen molar-refractivity contribution in [2.24, 2.45) is 11.8 Å². The van der Waals surface area contributed by atoms with Gasteiger partial charge in [0.25, 0.3) is 0 Å². The van der Waals surface area contributed by atoms with Crippen LogP contribution in [0.25, 0.3) is 0 Å². The highest BCUT2D eigenvalue weighted by molar-refractivity contribution is 5.71. The third kappa shape index (κ3) is 43.4. The lowest BCUT2D eigenvalue weighted by Gasteiger charge is -2.18. The van der Waals surface area contributed by atoms with E-state index in [1.165, 1.54) is 154 Å². The summed E-state index contributed by atoms with van der Waals surface area (Å²) in [5.41, 5.74) is 0. The first kappa shape index (κ1) is 53.4. The molecule has 0 unspecified atom stereocenters. The second kappa shape index (κ2) is 42.0. The van der Waals surface area contributed by atoms with E-state index in [2.05, 4.69) is 34.6 Å². The summed E-state index contributed by atoms with van der Waals surface area (Å²) in [6.45, 7) is 11.3. The van der Waals surface area contributed by atoms with Gasteiger partial charge < -0.3 is 14.2 Å². The monoisotopic (exact) mass is 779 g/mol. The van der Waals surface area contributed by atoms with Crippen molar-refractivity contribution in [3.63, 3.8) is 0 Å². The summed E-state index contributed by atoms with van der Waals surface area (Å²) in [7, 11) is 0. The molecule has 0 aromatic carbocycles. The fourth-order valence-electron chi connectivity index (χ4n) is 7.28. The lowest BCUT2D eigenvalue weighted by molar-refractivity contribution is -0.167. The molecule has 326 valence electrons. The molecule has 0 aliphatic rings. The summed E-state index contributed by atoms with van der Waals surface area (Å²) in [4.78, 5) is 37.8. The van der Waals surface area contributed by atoms with Gasteiger partial charge in [0.2, 0.25) is 0 Å². The van der Waals surface area contributed by atoms with Crippen molar-refractivity contribution in [1.29, 1.82) is 0 Å². The number of ether oxygens (including phenoxy) is 3. The highest BCUT2D eigenvalue weighted by atomic mass is 16.6. The van der Waals surface area contributed by atoms with E-state index in [1.807, 2.05) is 0 Å². The maximum absolute atomic E-state index is 12.7. The van der Waals surface area contributed by atoms with Crippen molar-refractivity contribution in [3.05, 3.63) is 0 Å². The zero-order valence-electron chi connectivity index (χ0n) is 37.6. The summed E-state index contributed by atoms with van der Waals surface area (Å²) in [5, 5.41) is 0. The average molecular weight is 779 g/mol. The minimum atomic E-state index is -0.760. The number of carbonyl (C=O) groups excluding carboxylic acids is 3. The van der Waals surface area contributed by atoms with Gasteiger partial charge in [-0.1, -0.05) is 227 Å². The first-order valence-corrected chi connectivity index (χ1v) is 24.2. The fraction of sp³-hybridized carbons (Fsp3) is 0.939. The lowest BCUT2D eigenvalue weighted by Crippen LogP contribution is -2.30. The van der Waals surface area contributed by atoms with Crippen molar-refractivity contribution in [2.45, 2.75) is 272 Å². The highest BCUT2D eigenvalue weighted by Crippen LogP contribution is 2.17. The minimum absolute atomic E-state index is 0.0645. The molecule has 6 heteroatoms. The number of carbonyl (C=O) groups is 3. The van der Waals surface area contributed by atoms with E-state index < -0.39 is 6.10 Å². The van der Waals surface area contributed by atoms with Crippen LogP contribution in [0.5, 0.6) is 0 Å². The predicted molar refractivity (Wildman–Crippen MR) is 233 cm³/mol. The highest BCUT2D eigenvalue weighted by Gasteiger charge is 2.19. The standard InChI is InChI=1S/C49H94O6/c1-6-7-8-9-10-11-14-19-26-31-36-41-49(52)55-46(43-54-48(51)40-35-30-25-21-20-23-28-33-38-45(4)5)42-53-47(50)39-34-29-24-18-16-13-12-15-17-22-27-32-37-44(2)3/h44-46H,6-43H2,1-5H3/t46-/m0/s1. The molecule has 6 nitrogen and oxygen atoms in total. The Balaban J connectivity index is 4.30. The van der Waals surface area contributed by atoms with Crippen LogP contribution in [0.15, 0.2) is 0 Å². The van der Waals surface area contributed by atoms with Gasteiger partial charge in [0.1, 0.15) is 13.2 Å². The molecule has 0 spiro atoms. The average Bonchev–Trinajstić information content (AvgIpc) is 3.15. The molecule has 0 rings (SSSR count). The molecule has 0 radical (unpaired) electrons. The Morgan fingerprint density at radius 3 is 0.891 bits per heavy atom.